The molecule has 1 N–H and O–H groups in total. The Labute approximate surface area is 124 Å². The SMILES string of the molecule is CCC(C)(CCl)NS(=O)(=O)c1cccc2ncccc12. The van der Waals surface area contributed by atoms with Crippen LogP contribution in [-0.4, -0.2) is 24.8 Å². The summed E-state index contributed by atoms with van der Waals surface area (Å²) in [5, 5.41) is 0.607. The minimum Gasteiger partial charge on any atom is -0.256 e. The van der Waals surface area contributed by atoms with Crippen molar-refractivity contribution in [3.8, 4) is 0 Å². The predicted molar refractivity (Wildman–Crippen MR) is 81.5 cm³/mol. The fourth-order valence-electron chi connectivity index (χ4n) is 1.88. The van der Waals surface area contributed by atoms with Crippen LogP contribution < -0.4 is 4.72 Å². The normalized spacial score (nSPS) is 15.2. The van der Waals surface area contributed by atoms with E-state index in [4.69, 9.17) is 11.6 Å². The Morgan fingerprint density at radius 1 is 1.30 bits per heavy atom. The maximum Gasteiger partial charge on any atom is 0.241 e. The van der Waals surface area contributed by atoms with Crippen LogP contribution in [0.3, 0.4) is 0 Å². The first-order valence-corrected chi connectivity index (χ1v) is 8.37. The Balaban J connectivity index is 2.53. The van der Waals surface area contributed by atoms with Crippen molar-refractivity contribution >= 4 is 32.5 Å². The van der Waals surface area contributed by atoms with Crippen molar-refractivity contribution < 1.29 is 8.42 Å². The van der Waals surface area contributed by atoms with E-state index in [1.165, 1.54) is 0 Å². The molecule has 20 heavy (non-hydrogen) atoms. The average molecular weight is 313 g/mol. The quantitative estimate of drug-likeness (QED) is 0.864. The highest BCUT2D eigenvalue weighted by Crippen LogP contribution is 2.23. The molecular weight excluding hydrogens is 296 g/mol. The van der Waals surface area contributed by atoms with Crippen LogP contribution in [0.25, 0.3) is 10.9 Å². The molecule has 6 heteroatoms. The van der Waals surface area contributed by atoms with Crippen molar-refractivity contribution in [1.29, 1.82) is 0 Å². The van der Waals surface area contributed by atoms with Gasteiger partial charge in [0, 0.05) is 23.0 Å². The third-order valence-electron chi connectivity index (χ3n) is 3.35. The molecule has 1 aromatic heterocycles. The fraction of sp³-hybridized carbons (Fsp3) is 0.357. The summed E-state index contributed by atoms with van der Waals surface area (Å²) in [4.78, 5) is 4.40. The van der Waals surface area contributed by atoms with Crippen molar-refractivity contribution in [2.45, 2.75) is 30.7 Å². The number of nitrogens with one attached hydrogen (secondary N) is 1. The lowest BCUT2D eigenvalue weighted by Gasteiger charge is -2.26. The molecule has 1 atom stereocenters. The Bertz CT molecular complexity index is 707. The third kappa shape index (κ3) is 2.95. The van der Waals surface area contributed by atoms with Crippen LogP contribution in [0.5, 0.6) is 0 Å². The van der Waals surface area contributed by atoms with Crippen LogP contribution in [0.4, 0.5) is 0 Å². The summed E-state index contributed by atoms with van der Waals surface area (Å²) in [6, 6.07) is 8.53. The minimum atomic E-state index is -3.64. The highest BCUT2D eigenvalue weighted by Gasteiger charge is 2.29. The second kappa shape index (κ2) is 5.68. The molecule has 2 rings (SSSR count). The molecule has 0 bridgehead atoms. The number of hydrogen-bond acceptors (Lipinski definition) is 3. The van der Waals surface area contributed by atoms with Crippen LogP contribution in [0.15, 0.2) is 41.4 Å². The van der Waals surface area contributed by atoms with Crippen molar-refractivity contribution in [1.82, 2.24) is 9.71 Å². The van der Waals surface area contributed by atoms with Gasteiger partial charge in [-0.1, -0.05) is 13.0 Å². The number of fused-ring (bicyclic) bond motifs is 1. The number of nitrogens with zero attached hydrogens (tertiary/aromatic N) is 1. The Kier molecular flexibility index (Phi) is 4.32. The molecule has 0 aliphatic carbocycles. The van der Waals surface area contributed by atoms with E-state index in [0.717, 1.165) is 0 Å². The predicted octanol–water partition coefficient (Wildman–Crippen LogP) is 2.92. The van der Waals surface area contributed by atoms with E-state index in [1.807, 2.05) is 6.92 Å². The lowest BCUT2D eigenvalue weighted by atomic mass is 10.0. The average Bonchev–Trinajstić information content (AvgIpc) is 2.46. The van der Waals surface area contributed by atoms with Gasteiger partial charge in [-0.3, -0.25) is 4.98 Å². The molecule has 1 aromatic carbocycles. The van der Waals surface area contributed by atoms with E-state index < -0.39 is 15.6 Å². The fourth-order valence-corrected chi connectivity index (χ4v) is 3.91. The molecule has 0 amide bonds. The van der Waals surface area contributed by atoms with Crippen LogP contribution in [0.2, 0.25) is 0 Å². The summed E-state index contributed by atoms with van der Waals surface area (Å²) in [5.41, 5.74) is -0.00967. The van der Waals surface area contributed by atoms with Crippen molar-refractivity contribution in [2.24, 2.45) is 0 Å². The number of benzene rings is 1. The summed E-state index contributed by atoms with van der Waals surface area (Å²) in [7, 11) is -3.64. The summed E-state index contributed by atoms with van der Waals surface area (Å²) >= 11 is 5.88. The molecule has 0 saturated carbocycles. The molecule has 0 aliphatic heterocycles. The van der Waals surface area contributed by atoms with Crippen LogP contribution >= 0.6 is 11.6 Å². The summed E-state index contributed by atoms with van der Waals surface area (Å²) in [6.45, 7) is 3.69. The van der Waals surface area contributed by atoms with Crippen molar-refractivity contribution in [3.05, 3.63) is 36.5 Å². The first-order valence-electron chi connectivity index (χ1n) is 6.35. The highest BCUT2D eigenvalue weighted by molar-refractivity contribution is 7.89. The molecular formula is C14H17ClN2O2S. The number of hydrogen-bond donors (Lipinski definition) is 1. The maximum atomic E-state index is 12.6. The van der Waals surface area contributed by atoms with Crippen molar-refractivity contribution in [2.75, 3.05) is 5.88 Å². The van der Waals surface area contributed by atoms with Crippen LogP contribution in [-0.2, 0) is 10.0 Å². The van der Waals surface area contributed by atoms with Gasteiger partial charge in [0.05, 0.1) is 10.4 Å². The summed E-state index contributed by atoms with van der Waals surface area (Å²) < 4.78 is 27.9. The lowest BCUT2D eigenvalue weighted by Crippen LogP contribution is -2.46. The van der Waals surface area contributed by atoms with Gasteiger partial charge in [-0.2, -0.15) is 0 Å². The Morgan fingerprint density at radius 2 is 2.05 bits per heavy atom. The molecule has 4 nitrogen and oxygen atoms in total. The van der Waals surface area contributed by atoms with Crippen LogP contribution in [0, 0.1) is 0 Å². The smallest absolute Gasteiger partial charge is 0.241 e. The molecule has 0 spiro atoms. The second-order valence-electron chi connectivity index (χ2n) is 4.98. The van der Waals surface area contributed by atoms with Gasteiger partial charge >= 0.3 is 0 Å². The van der Waals surface area contributed by atoms with E-state index in [-0.39, 0.29) is 10.8 Å². The monoisotopic (exact) mass is 312 g/mol. The van der Waals surface area contributed by atoms with Gasteiger partial charge in [-0.25, -0.2) is 13.1 Å². The molecule has 0 radical (unpaired) electrons. The number of rotatable bonds is 5. The highest BCUT2D eigenvalue weighted by atomic mass is 35.5. The van der Waals surface area contributed by atoms with Gasteiger partial charge in [0.1, 0.15) is 0 Å². The number of pyridine rings is 1. The molecule has 1 heterocycles. The molecule has 108 valence electrons. The lowest BCUT2D eigenvalue weighted by molar-refractivity contribution is 0.445. The van der Waals surface area contributed by atoms with Gasteiger partial charge in [0.15, 0.2) is 0 Å². The van der Waals surface area contributed by atoms with E-state index in [0.29, 0.717) is 17.3 Å². The maximum absolute atomic E-state index is 12.6. The van der Waals surface area contributed by atoms with Gasteiger partial charge in [0.2, 0.25) is 10.0 Å². The number of sulfonamides is 1. The topological polar surface area (TPSA) is 59.1 Å². The zero-order valence-electron chi connectivity index (χ0n) is 11.4. The number of halogens is 1. The van der Waals surface area contributed by atoms with E-state index in [9.17, 15) is 8.42 Å². The molecule has 0 fully saturated rings. The zero-order valence-corrected chi connectivity index (χ0v) is 13.0. The van der Waals surface area contributed by atoms with Gasteiger partial charge in [-0.15, -0.1) is 11.6 Å². The van der Waals surface area contributed by atoms with Crippen molar-refractivity contribution in [3.63, 3.8) is 0 Å². The standard InChI is InChI=1S/C14H17ClN2O2S/c1-3-14(2,10-15)17-20(18,19)13-8-4-7-12-11(13)6-5-9-16-12/h4-9,17H,3,10H2,1-2H3. The van der Waals surface area contributed by atoms with Gasteiger partial charge < -0.3 is 0 Å². The van der Waals surface area contributed by atoms with E-state index in [1.54, 1.807) is 43.5 Å². The largest absolute Gasteiger partial charge is 0.256 e. The molecule has 0 aliphatic rings. The Hall–Kier alpha value is -1.17. The number of alkyl halides is 1. The molecule has 1 unspecified atom stereocenters. The molecule has 2 aromatic rings. The third-order valence-corrected chi connectivity index (χ3v) is 5.64. The zero-order chi connectivity index (χ0) is 14.8. The molecule has 0 saturated heterocycles. The van der Waals surface area contributed by atoms with Gasteiger partial charge in [0.25, 0.3) is 0 Å². The van der Waals surface area contributed by atoms with E-state index >= 15 is 0 Å². The Morgan fingerprint density at radius 3 is 2.70 bits per heavy atom. The minimum absolute atomic E-state index is 0.214. The number of aromatic nitrogens is 1. The van der Waals surface area contributed by atoms with Crippen LogP contribution in [0.1, 0.15) is 20.3 Å². The summed E-state index contributed by atoms with van der Waals surface area (Å²) in [5.74, 6) is 0.214. The summed E-state index contributed by atoms with van der Waals surface area (Å²) in [6.07, 6.45) is 2.25. The van der Waals surface area contributed by atoms with E-state index in [2.05, 4.69) is 9.71 Å². The first-order chi connectivity index (χ1) is 9.42. The van der Waals surface area contributed by atoms with Gasteiger partial charge in [-0.05, 0) is 37.6 Å². The first kappa shape index (κ1) is 15.2. The second-order valence-corrected chi connectivity index (χ2v) is 6.90.